The second-order valence-corrected chi connectivity index (χ2v) is 10.3. The fraction of sp³-hybridized carbons (Fsp3) is 0.458. The Morgan fingerprint density at radius 3 is 2.10 bits per heavy atom. The van der Waals surface area contributed by atoms with Crippen LogP contribution in [0.4, 0.5) is 5.69 Å². The highest BCUT2D eigenvalue weighted by molar-refractivity contribution is 7.92. The number of nitrogens with one attached hydrogen (secondary N) is 1. The van der Waals surface area contributed by atoms with E-state index in [2.05, 4.69) is 33.0 Å². The van der Waals surface area contributed by atoms with Crippen molar-refractivity contribution in [1.82, 2.24) is 5.32 Å². The molecule has 0 unspecified atom stereocenters. The zero-order chi connectivity index (χ0) is 23.2. The summed E-state index contributed by atoms with van der Waals surface area (Å²) in [6.07, 6.45) is 1.18. The molecule has 0 aliphatic rings. The van der Waals surface area contributed by atoms with E-state index in [4.69, 9.17) is 4.74 Å². The molecule has 2 aromatic carbocycles. The van der Waals surface area contributed by atoms with Crippen LogP contribution in [0, 0.1) is 11.8 Å². The molecule has 6 nitrogen and oxygen atoms in total. The van der Waals surface area contributed by atoms with Gasteiger partial charge in [0.2, 0.25) is 10.0 Å². The topological polar surface area (TPSA) is 75.7 Å². The van der Waals surface area contributed by atoms with Crippen LogP contribution >= 0.6 is 0 Å². The number of para-hydroxylation sites is 2. The lowest BCUT2D eigenvalue weighted by Gasteiger charge is -2.26. The molecule has 0 radical (unpaired) electrons. The Bertz CT molecular complexity index is 961. The van der Waals surface area contributed by atoms with Crippen LogP contribution in [0.25, 0.3) is 0 Å². The van der Waals surface area contributed by atoms with E-state index < -0.39 is 10.0 Å². The van der Waals surface area contributed by atoms with Crippen LogP contribution < -0.4 is 14.4 Å². The SMILES string of the molecule is CCOc1ccccc1N(Cc1ccc(C(=O)NC(C(C)C)C(C)C)cc1)S(C)(=O)=O. The van der Waals surface area contributed by atoms with Crippen molar-refractivity contribution in [1.29, 1.82) is 0 Å². The minimum Gasteiger partial charge on any atom is -0.492 e. The van der Waals surface area contributed by atoms with Gasteiger partial charge in [-0.05, 0) is 48.6 Å². The van der Waals surface area contributed by atoms with E-state index in [0.717, 1.165) is 5.56 Å². The van der Waals surface area contributed by atoms with Gasteiger partial charge in [0, 0.05) is 11.6 Å². The average molecular weight is 447 g/mol. The lowest BCUT2D eigenvalue weighted by atomic mass is 9.93. The standard InChI is InChI=1S/C24H34N2O4S/c1-7-30-22-11-9-8-10-21(22)26(31(6,28)29)16-19-12-14-20(15-13-19)24(27)25-23(17(2)3)18(4)5/h8-15,17-18,23H,7,16H2,1-6H3,(H,25,27). The van der Waals surface area contributed by atoms with Crippen LogP contribution in [0.15, 0.2) is 48.5 Å². The van der Waals surface area contributed by atoms with Crippen LogP contribution in [0.3, 0.4) is 0 Å². The largest absolute Gasteiger partial charge is 0.492 e. The van der Waals surface area contributed by atoms with Crippen LogP contribution in [0.2, 0.25) is 0 Å². The van der Waals surface area contributed by atoms with Gasteiger partial charge >= 0.3 is 0 Å². The van der Waals surface area contributed by atoms with Gasteiger partial charge in [-0.25, -0.2) is 8.42 Å². The van der Waals surface area contributed by atoms with Gasteiger partial charge in [-0.3, -0.25) is 9.10 Å². The van der Waals surface area contributed by atoms with Crippen LogP contribution in [-0.2, 0) is 16.6 Å². The average Bonchev–Trinajstić information content (AvgIpc) is 2.70. The van der Waals surface area contributed by atoms with E-state index >= 15 is 0 Å². The molecule has 0 fully saturated rings. The summed E-state index contributed by atoms with van der Waals surface area (Å²) in [5, 5.41) is 3.10. The highest BCUT2D eigenvalue weighted by Crippen LogP contribution is 2.31. The number of hydrogen-bond donors (Lipinski definition) is 1. The van der Waals surface area contributed by atoms with E-state index in [1.165, 1.54) is 10.6 Å². The zero-order valence-corrected chi connectivity index (χ0v) is 20.1. The summed E-state index contributed by atoms with van der Waals surface area (Å²) in [6, 6.07) is 14.2. The number of benzene rings is 2. The fourth-order valence-electron chi connectivity index (χ4n) is 3.59. The Morgan fingerprint density at radius 2 is 1.58 bits per heavy atom. The zero-order valence-electron chi connectivity index (χ0n) is 19.3. The van der Waals surface area contributed by atoms with Gasteiger partial charge in [0.15, 0.2) is 0 Å². The first-order chi connectivity index (χ1) is 14.5. The molecule has 0 aliphatic carbocycles. The molecule has 0 atom stereocenters. The Labute approximate surface area is 186 Å². The van der Waals surface area contributed by atoms with Gasteiger partial charge < -0.3 is 10.1 Å². The Balaban J connectivity index is 2.24. The normalized spacial score (nSPS) is 11.8. The summed E-state index contributed by atoms with van der Waals surface area (Å²) in [6.45, 7) is 10.8. The molecule has 0 aliphatic heterocycles. The number of amides is 1. The summed E-state index contributed by atoms with van der Waals surface area (Å²) in [7, 11) is -3.54. The van der Waals surface area contributed by atoms with Crippen molar-refractivity contribution in [3.8, 4) is 5.75 Å². The van der Waals surface area contributed by atoms with Gasteiger partial charge in [0.25, 0.3) is 5.91 Å². The number of nitrogens with zero attached hydrogens (tertiary/aromatic N) is 1. The summed E-state index contributed by atoms with van der Waals surface area (Å²) in [5.74, 6) is 1.05. The summed E-state index contributed by atoms with van der Waals surface area (Å²) >= 11 is 0. The van der Waals surface area contributed by atoms with Gasteiger partial charge in [-0.2, -0.15) is 0 Å². The number of ether oxygens (including phenoxy) is 1. The maximum absolute atomic E-state index is 12.7. The molecular formula is C24H34N2O4S. The molecule has 0 saturated carbocycles. The summed E-state index contributed by atoms with van der Waals surface area (Å²) in [5.41, 5.74) is 1.82. The van der Waals surface area contributed by atoms with Crippen LogP contribution in [0.5, 0.6) is 5.75 Å². The third-order valence-electron chi connectivity index (χ3n) is 5.11. The molecule has 0 aromatic heterocycles. The maximum Gasteiger partial charge on any atom is 0.251 e. The molecule has 31 heavy (non-hydrogen) atoms. The second-order valence-electron chi connectivity index (χ2n) is 8.35. The van der Waals surface area contributed by atoms with E-state index in [0.29, 0.717) is 35.4 Å². The molecule has 0 spiro atoms. The van der Waals surface area contributed by atoms with Crippen LogP contribution in [0.1, 0.15) is 50.5 Å². The maximum atomic E-state index is 12.7. The van der Waals surface area contributed by atoms with E-state index in [1.807, 2.05) is 13.0 Å². The number of carbonyl (C=O) groups excluding carboxylic acids is 1. The minimum atomic E-state index is -3.54. The van der Waals surface area contributed by atoms with Crippen molar-refractivity contribution in [3.05, 3.63) is 59.7 Å². The van der Waals surface area contributed by atoms with Gasteiger partial charge in [0.05, 0.1) is 25.1 Å². The monoisotopic (exact) mass is 446 g/mol. The van der Waals surface area contributed by atoms with Crippen molar-refractivity contribution in [2.24, 2.45) is 11.8 Å². The minimum absolute atomic E-state index is 0.0861. The first kappa shape index (κ1) is 24.7. The molecule has 2 rings (SSSR count). The van der Waals surface area contributed by atoms with Crippen molar-refractivity contribution in [2.75, 3.05) is 17.2 Å². The molecule has 0 bridgehead atoms. The van der Waals surface area contributed by atoms with Gasteiger partial charge in [-0.15, -0.1) is 0 Å². The predicted octanol–water partition coefficient (Wildman–Crippen LogP) is 4.46. The van der Waals surface area contributed by atoms with Crippen molar-refractivity contribution < 1.29 is 17.9 Å². The number of rotatable bonds is 10. The van der Waals surface area contributed by atoms with E-state index in [1.54, 1.807) is 42.5 Å². The molecule has 7 heteroatoms. The van der Waals surface area contributed by atoms with Crippen LogP contribution in [-0.4, -0.2) is 33.2 Å². The summed E-state index contributed by atoms with van der Waals surface area (Å²) in [4.78, 5) is 12.7. The third kappa shape index (κ3) is 6.72. The molecule has 1 amide bonds. The molecular weight excluding hydrogens is 412 g/mol. The highest BCUT2D eigenvalue weighted by atomic mass is 32.2. The quantitative estimate of drug-likeness (QED) is 0.585. The molecule has 1 N–H and O–H groups in total. The first-order valence-corrected chi connectivity index (χ1v) is 12.5. The van der Waals surface area contributed by atoms with Crippen molar-refractivity contribution >= 4 is 21.6 Å². The second kappa shape index (κ2) is 10.7. The number of hydrogen-bond acceptors (Lipinski definition) is 4. The predicted molar refractivity (Wildman–Crippen MR) is 126 cm³/mol. The Kier molecular flexibility index (Phi) is 8.51. The Morgan fingerprint density at radius 1 is 1.00 bits per heavy atom. The summed E-state index contributed by atoms with van der Waals surface area (Å²) < 4.78 is 32.0. The van der Waals surface area contributed by atoms with Gasteiger partial charge in [0.1, 0.15) is 5.75 Å². The highest BCUT2D eigenvalue weighted by Gasteiger charge is 2.23. The van der Waals surface area contributed by atoms with Crippen molar-refractivity contribution in [2.45, 2.75) is 47.2 Å². The first-order valence-electron chi connectivity index (χ1n) is 10.6. The lowest BCUT2D eigenvalue weighted by Crippen LogP contribution is -2.42. The Hall–Kier alpha value is -2.54. The van der Waals surface area contributed by atoms with E-state index in [9.17, 15) is 13.2 Å². The number of carbonyl (C=O) groups is 1. The molecule has 2 aromatic rings. The lowest BCUT2D eigenvalue weighted by molar-refractivity contribution is 0.0910. The van der Waals surface area contributed by atoms with Gasteiger partial charge in [-0.1, -0.05) is 52.0 Å². The number of anilines is 1. The molecule has 0 saturated heterocycles. The molecule has 0 heterocycles. The third-order valence-corrected chi connectivity index (χ3v) is 6.24. The van der Waals surface area contributed by atoms with Crippen molar-refractivity contribution in [3.63, 3.8) is 0 Å². The fourth-order valence-corrected chi connectivity index (χ4v) is 4.48. The smallest absolute Gasteiger partial charge is 0.251 e. The number of sulfonamides is 1. The van der Waals surface area contributed by atoms with E-state index in [-0.39, 0.29) is 18.5 Å². The molecule has 170 valence electrons.